The summed E-state index contributed by atoms with van der Waals surface area (Å²) in [6.45, 7) is 0.166. The lowest BCUT2D eigenvalue weighted by molar-refractivity contribution is 0.193. The van der Waals surface area contributed by atoms with Gasteiger partial charge in [-0.25, -0.2) is 17.2 Å². The van der Waals surface area contributed by atoms with Crippen molar-refractivity contribution < 1.29 is 22.3 Å². The number of hydrogen-bond donors (Lipinski definition) is 1. The molecule has 5 rings (SSSR count). The molecule has 172 valence electrons. The second-order valence-corrected chi connectivity index (χ2v) is 10.5. The lowest BCUT2D eigenvalue weighted by Gasteiger charge is -2.44. The topological polar surface area (TPSA) is 60.9 Å². The molecular formula is C25H24F2N2O3S. The minimum Gasteiger partial charge on any atom is -0.394 e. The van der Waals surface area contributed by atoms with Gasteiger partial charge < -0.3 is 10.0 Å². The van der Waals surface area contributed by atoms with E-state index in [9.17, 15) is 22.3 Å². The molecule has 0 saturated carbocycles. The zero-order chi connectivity index (χ0) is 23.3. The fourth-order valence-electron chi connectivity index (χ4n) is 5.29. The van der Waals surface area contributed by atoms with Gasteiger partial charge in [-0.05, 0) is 60.0 Å². The Bertz CT molecular complexity index is 1300. The Morgan fingerprint density at radius 2 is 1.76 bits per heavy atom. The summed E-state index contributed by atoms with van der Waals surface area (Å²) in [5.74, 6) is -1.00. The largest absolute Gasteiger partial charge is 0.394 e. The average Bonchev–Trinajstić information content (AvgIpc) is 3.26. The minimum absolute atomic E-state index is 0.0239. The second-order valence-electron chi connectivity index (χ2n) is 8.58. The average molecular weight is 471 g/mol. The number of halogens is 2. The normalized spacial score (nSPS) is 22.8. The third-order valence-corrected chi connectivity index (χ3v) is 8.80. The molecule has 1 fully saturated rings. The van der Waals surface area contributed by atoms with Gasteiger partial charge in [-0.3, -0.25) is 0 Å². The molecule has 0 radical (unpaired) electrons. The van der Waals surface area contributed by atoms with Crippen molar-refractivity contribution in [2.75, 3.05) is 25.1 Å². The Hall–Kier alpha value is -2.81. The Morgan fingerprint density at radius 3 is 2.45 bits per heavy atom. The van der Waals surface area contributed by atoms with E-state index < -0.39 is 21.9 Å². The molecule has 1 N–H and O–H groups in total. The summed E-state index contributed by atoms with van der Waals surface area (Å²) in [6, 6.07) is 16.0. The zero-order valence-corrected chi connectivity index (χ0v) is 18.8. The highest BCUT2D eigenvalue weighted by Crippen LogP contribution is 2.51. The van der Waals surface area contributed by atoms with Gasteiger partial charge in [-0.1, -0.05) is 24.3 Å². The van der Waals surface area contributed by atoms with E-state index in [2.05, 4.69) is 0 Å². The van der Waals surface area contributed by atoms with E-state index in [4.69, 9.17) is 0 Å². The smallest absolute Gasteiger partial charge is 0.243 e. The third-order valence-electron chi connectivity index (χ3n) is 6.91. The number of sulfonamides is 1. The van der Waals surface area contributed by atoms with Crippen molar-refractivity contribution in [2.45, 2.75) is 23.4 Å². The molecule has 3 atom stereocenters. The van der Waals surface area contributed by atoms with Gasteiger partial charge in [0.15, 0.2) is 0 Å². The highest BCUT2D eigenvalue weighted by molar-refractivity contribution is 7.89. The van der Waals surface area contributed by atoms with Crippen LogP contribution < -0.4 is 4.90 Å². The van der Waals surface area contributed by atoms with Crippen LogP contribution in [0.1, 0.15) is 18.0 Å². The summed E-state index contributed by atoms with van der Waals surface area (Å²) in [7, 11) is -2.03. The molecule has 8 heteroatoms. The summed E-state index contributed by atoms with van der Waals surface area (Å²) < 4.78 is 56.5. The number of fused-ring (bicyclic) bond motifs is 3. The molecular weight excluding hydrogens is 446 g/mol. The number of rotatable bonds is 4. The quantitative estimate of drug-likeness (QED) is 0.621. The van der Waals surface area contributed by atoms with Crippen LogP contribution >= 0.6 is 0 Å². The molecule has 0 aliphatic carbocycles. The molecule has 3 aromatic carbocycles. The third kappa shape index (κ3) is 3.53. The molecule has 3 aromatic rings. The summed E-state index contributed by atoms with van der Waals surface area (Å²) >= 11 is 0. The van der Waals surface area contributed by atoms with E-state index in [-0.39, 0.29) is 35.8 Å². The van der Waals surface area contributed by atoms with Crippen molar-refractivity contribution in [3.05, 3.63) is 83.9 Å². The van der Waals surface area contributed by atoms with Crippen molar-refractivity contribution in [3.8, 4) is 11.1 Å². The molecule has 0 amide bonds. The summed E-state index contributed by atoms with van der Waals surface area (Å²) in [5.41, 5.74) is 2.68. The summed E-state index contributed by atoms with van der Waals surface area (Å²) in [6.07, 6.45) is 0.573. The second kappa shape index (κ2) is 8.20. The molecule has 2 aliphatic heterocycles. The Kier molecular flexibility index (Phi) is 5.47. The van der Waals surface area contributed by atoms with Gasteiger partial charge in [0.25, 0.3) is 0 Å². The predicted molar refractivity (Wildman–Crippen MR) is 122 cm³/mol. The van der Waals surface area contributed by atoms with Crippen molar-refractivity contribution in [1.29, 1.82) is 0 Å². The van der Waals surface area contributed by atoms with Crippen LogP contribution in [0.25, 0.3) is 11.1 Å². The number of aliphatic hydroxyl groups is 1. The number of anilines is 1. The Balaban J connectivity index is 1.66. The van der Waals surface area contributed by atoms with Crippen LogP contribution in [0.15, 0.2) is 71.6 Å². The number of nitrogens with zero attached hydrogens (tertiary/aromatic N) is 2. The zero-order valence-electron chi connectivity index (χ0n) is 18.0. The molecule has 0 spiro atoms. The van der Waals surface area contributed by atoms with Crippen LogP contribution in [-0.4, -0.2) is 44.1 Å². The van der Waals surface area contributed by atoms with Crippen LogP contribution in [0.4, 0.5) is 14.5 Å². The van der Waals surface area contributed by atoms with Gasteiger partial charge in [0.1, 0.15) is 11.6 Å². The molecule has 0 unspecified atom stereocenters. The number of likely N-dealkylation sites (N-methyl/N-ethyl adjacent to an activating group) is 1. The molecule has 33 heavy (non-hydrogen) atoms. The van der Waals surface area contributed by atoms with Gasteiger partial charge in [0.05, 0.1) is 23.6 Å². The van der Waals surface area contributed by atoms with Crippen LogP contribution in [0.3, 0.4) is 0 Å². The van der Waals surface area contributed by atoms with Gasteiger partial charge in [0.2, 0.25) is 10.0 Å². The maximum Gasteiger partial charge on any atom is 0.243 e. The Labute approximate surface area is 191 Å². The van der Waals surface area contributed by atoms with Crippen LogP contribution in [0.5, 0.6) is 0 Å². The van der Waals surface area contributed by atoms with E-state index in [1.807, 2.05) is 30.1 Å². The van der Waals surface area contributed by atoms with Crippen molar-refractivity contribution in [2.24, 2.45) is 5.92 Å². The van der Waals surface area contributed by atoms with Crippen LogP contribution in [0, 0.1) is 17.6 Å². The number of benzene rings is 3. The summed E-state index contributed by atoms with van der Waals surface area (Å²) in [4.78, 5) is 2.01. The number of hydrogen-bond acceptors (Lipinski definition) is 4. The van der Waals surface area contributed by atoms with E-state index in [1.54, 1.807) is 18.2 Å². The highest BCUT2D eigenvalue weighted by atomic mass is 32.2. The molecule has 1 saturated heterocycles. The fourth-order valence-corrected chi connectivity index (χ4v) is 6.95. The predicted octanol–water partition coefficient (Wildman–Crippen LogP) is 4.19. The van der Waals surface area contributed by atoms with E-state index in [1.165, 1.54) is 22.5 Å². The monoisotopic (exact) mass is 470 g/mol. The van der Waals surface area contributed by atoms with E-state index in [0.29, 0.717) is 17.5 Å². The van der Waals surface area contributed by atoms with Crippen LogP contribution in [0.2, 0.25) is 0 Å². The van der Waals surface area contributed by atoms with Gasteiger partial charge in [-0.15, -0.1) is 0 Å². The van der Waals surface area contributed by atoms with Gasteiger partial charge >= 0.3 is 0 Å². The molecule has 0 aromatic heterocycles. The van der Waals surface area contributed by atoms with Crippen molar-refractivity contribution in [3.63, 3.8) is 0 Å². The molecule has 0 bridgehead atoms. The van der Waals surface area contributed by atoms with Gasteiger partial charge in [0, 0.05) is 30.8 Å². The lowest BCUT2D eigenvalue weighted by atomic mass is 9.81. The van der Waals surface area contributed by atoms with Crippen molar-refractivity contribution >= 4 is 15.7 Å². The number of aliphatic hydroxyl groups excluding tert-OH is 1. The first-order chi connectivity index (χ1) is 15.8. The Morgan fingerprint density at radius 1 is 1.03 bits per heavy atom. The van der Waals surface area contributed by atoms with Crippen molar-refractivity contribution in [1.82, 2.24) is 4.31 Å². The highest BCUT2D eigenvalue weighted by Gasteiger charge is 2.50. The minimum atomic E-state index is -3.91. The van der Waals surface area contributed by atoms with Crippen LogP contribution in [-0.2, 0) is 10.0 Å². The standard InChI is InChI=1S/C25H24F2N2O3S/c1-28-23-11-6-16(19-4-2-3-5-22(19)27)14-21(23)25-20(24(28)15-30)12-13-29(25)33(31,32)18-9-7-17(26)8-10-18/h2-11,14,20,24-25,30H,12-13,15H2,1H3/t20-,24-,25-/m0/s1. The maximum absolute atomic E-state index is 14.5. The first-order valence-electron chi connectivity index (χ1n) is 10.8. The fraction of sp³-hybridized carbons (Fsp3) is 0.280. The van der Waals surface area contributed by atoms with E-state index >= 15 is 0 Å². The SMILES string of the molecule is CN1c2ccc(-c3ccccc3F)cc2[C@@H]2[C@@H](CCN2S(=O)(=O)c2ccc(F)cc2)[C@@H]1CO. The summed E-state index contributed by atoms with van der Waals surface area (Å²) in [5, 5.41) is 10.1. The first kappa shape index (κ1) is 22.0. The molecule has 5 nitrogen and oxygen atoms in total. The molecule has 2 heterocycles. The molecule has 2 aliphatic rings. The van der Waals surface area contributed by atoms with E-state index in [0.717, 1.165) is 23.4 Å². The lowest BCUT2D eigenvalue weighted by Crippen LogP contribution is -2.48. The maximum atomic E-state index is 14.5. The van der Waals surface area contributed by atoms with Gasteiger partial charge in [-0.2, -0.15) is 4.31 Å². The first-order valence-corrected chi connectivity index (χ1v) is 12.3.